The van der Waals surface area contributed by atoms with Crippen LogP contribution >= 0.6 is 0 Å². The van der Waals surface area contributed by atoms with Crippen LogP contribution in [-0.2, 0) is 6.42 Å². The second-order valence-corrected chi connectivity index (χ2v) is 8.90. The number of benzene rings is 2. The zero-order chi connectivity index (χ0) is 24.0. The van der Waals surface area contributed by atoms with Crippen LogP contribution in [0.5, 0.6) is 11.5 Å². The monoisotopic (exact) mass is 477 g/mol. The summed E-state index contributed by atoms with van der Waals surface area (Å²) < 4.78 is 58.0. The first-order valence-electron chi connectivity index (χ1n) is 11.3. The van der Waals surface area contributed by atoms with E-state index in [1.54, 1.807) is 37.3 Å². The summed E-state index contributed by atoms with van der Waals surface area (Å²) >= 11 is 0. The number of H-pyrrole nitrogens is 1. The van der Waals surface area contributed by atoms with Crippen LogP contribution in [0.2, 0.25) is 0 Å². The molecule has 0 spiro atoms. The number of aromatic nitrogens is 1. The van der Waals surface area contributed by atoms with E-state index in [0.29, 0.717) is 40.1 Å². The van der Waals surface area contributed by atoms with Crippen molar-refractivity contribution in [1.29, 1.82) is 0 Å². The van der Waals surface area contributed by atoms with Crippen molar-refractivity contribution in [1.82, 2.24) is 15.2 Å². The fourth-order valence-corrected chi connectivity index (χ4v) is 5.11. The molecule has 5 rings (SSSR count). The van der Waals surface area contributed by atoms with E-state index in [2.05, 4.69) is 10.3 Å². The average molecular weight is 477 g/mol. The number of aromatic amines is 1. The van der Waals surface area contributed by atoms with Gasteiger partial charge in [0.2, 0.25) is 0 Å². The van der Waals surface area contributed by atoms with Crippen molar-refractivity contribution >= 4 is 11.1 Å². The van der Waals surface area contributed by atoms with Crippen molar-refractivity contribution in [2.45, 2.75) is 44.1 Å². The highest BCUT2D eigenvalue weighted by Gasteiger charge is 2.42. The van der Waals surface area contributed by atoms with Gasteiger partial charge in [-0.25, -0.2) is 4.79 Å². The summed E-state index contributed by atoms with van der Waals surface area (Å²) in [6, 6.07) is 7.49. The topological polar surface area (TPSA) is 79.7 Å². The third kappa shape index (κ3) is 4.27. The average Bonchev–Trinajstić information content (AvgIpc) is 3.42. The van der Waals surface area contributed by atoms with E-state index in [0.717, 1.165) is 25.1 Å². The lowest BCUT2D eigenvalue weighted by molar-refractivity contribution is -0.155. The van der Waals surface area contributed by atoms with Gasteiger partial charge in [0.15, 0.2) is 5.58 Å². The molecule has 182 valence electrons. The Bertz CT molecular complexity index is 1250. The minimum Gasteiger partial charge on any atom is -0.496 e. The Hall–Kier alpha value is -2.98. The Balaban J connectivity index is 1.63. The fraction of sp³-hybridized carbons (Fsp3) is 0.458. The molecule has 3 atom stereocenters. The SMILES string of the molecule is COc1cc(O[C@H]2CCNC2)ccc1[C@@H]1c2ccc3[nH]c(=O)oc3c2C[C@@H](C)N1CC(F)(F)F. The number of nitrogens with zero attached hydrogens (tertiary/aromatic N) is 1. The number of fused-ring (bicyclic) bond motifs is 3. The highest BCUT2D eigenvalue weighted by molar-refractivity contribution is 5.78. The summed E-state index contributed by atoms with van der Waals surface area (Å²) in [6.07, 6.45) is -3.15. The van der Waals surface area contributed by atoms with Crippen LogP contribution in [0.3, 0.4) is 0 Å². The van der Waals surface area contributed by atoms with E-state index in [4.69, 9.17) is 13.9 Å². The molecule has 2 N–H and O–H groups in total. The second-order valence-electron chi connectivity index (χ2n) is 8.90. The molecule has 0 amide bonds. The van der Waals surface area contributed by atoms with Crippen LogP contribution in [0, 0.1) is 0 Å². The summed E-state index contributed by atoms with van der Waals surface area (Å²) in [5.74, 6) is 0.454. The zero-order valence-corrected chi connectivity index (χ0v) is 18.9. The first kappa shape index (κ1) is 22.8. The lowest BCUT2D eigenvalue weighted by Gasteiger charge is -2.42. The molecule has 0 aliphatic carbocycles. The predicted molar refractivity (Wildman–Crippen MR) is 120 cm³/mol. The molecule has 7 nitrogen and oxygen atoms in total. The normalized spacial score (nSPS) is 23.3. The Morgan fingerprint density at radius 1 is 1.21 bits per heavy atom. The maximum Gasteiger partial charge on any atom is 0.417 e. The van der Waals surface area contributed by atoms with E-state index >= 15 is 0 Å². The molecule has 0 bridgehead atoms. The van der Waals surface area contributed by atoms with Gasteiger partial charge >= 0.3 is 11.9 Å². The van der Waals surface area contributed by atoms with E-state index in [-0.39, 0.29) is 6.10 Å². The van der Waals surface area contributed by atoms with Crippen molar-refractivity contribution < 1.29 is 27.1 Å². The first-order valence-corrected chi connectivity index (χ1v) is 11.3. The Morgan fingerprint density at radius 2 is 2.00 bits per heavy atom. The van der Waals surface area contributed by atoms with Gasteiger partial charge in [0.25, 0.3) is 0 Å². The Labute approximate surface area is 193 Å². The van der Waals surface area contributed by atoms with Crippen LogP contribution in [0.25, 0.3) is 11.1 Å². The molecular weight excluding hydrogens is 451 g/mol. The third-order valence-corrected chi connectivity index (χ3v) is 6.60. The van der Waals surface area contributed by atoms with Gasteiger partial charge in [-0.2, -0.15) is 13.2 Å². The van der Waals surface area contributed by atoms with Gasteiger partial charge in [0.05, 0.1) is 25.2 Å². The summed E-state index contributed by atoms with van der Waals surface area (Å²) in [5.41, 5.74) is 2.89. The minimum absolute atomic E-state index is 0.0393. The van der Waals surface area contributed by atoms with Crippen LogP contribution in [0.4, 0.5) is 13.2 Å². The Morgan fingerprint density at radius 3 is 2.71 bits per heavy atom. The number of methoxy groups -OCH3 is 1. The van der Waals surface area contributed by atoms with Crippen molar-refractivity contribution in [3.63, 3.8) is 0 Å². The molecule has 0 radical (unpaired) electrons. The van der Waals surface area contributed by atoms with Crippen molar-refractivity contribution in [3.05, 3.63) is 57.6 Å². The quantitative estimate of drug-likeness (QED) is 0.583. The molecule has 10 heteroatoms. The van der Waals surface area contributed by atoms with Crippen LogP contribution in [0.1, 0.15) is 36.1 Å². The van der Waals surface area contributed by atoms with E-state index in [1.165, 1.54) is 12.0 Å². The molecule has 2 aliphatic rings. The smallest absolute Gasteiger partial charge is 0.417 e. The molecule has 1 fully saturated rings. The van der Waals surface area contributed by atoms with E-state index in [9.17, 15) is 18.0 Å². The number of hydrogen-bond donors (Lipinski definition) is 2. The molecule has 0 unspecified atom stereocenters. The van der Waals surface area contributed by atoms with Gasteiger partial charge in [-0.15, -0.1) is 0 Å². The van der Waals surface area contributed by atoms with Crippen LogP contribution in [0.15, 0.2) is 39.5 Å². The predicted octanol–water partition coefficient (Wildman–Crippen LogP) is 3.77. The van der Waals surface area contributed by atoms with Gasteiger partial charge in [-0.1, -0.05) is 6.07 Å². The molecule has 0 saturated carbocycles. The molecule has 1 saturated heterocycles. The van der Waals surface area contributed by atoms with Gasteiger partial charge in [0.1, 0.15) is 17.6 Å². The fourth-order valence-electron chi connectivity index (χ4n) is 5.11. The second kappa shape index (κ2) is 8.66. The summed E-state index contributed by atoms with van der Waals surface area (Å²) in [7, 11) is 1.50. The lowest BCUT2D eigenvalue weighted by Crippen LogP contribution is -2.47. The Kier molecular flexibility index (Phi) is 5.81. The summed E-state index contributed by atoms with van der Waals surface area (Å²) in [4.78, 5) is 15.9. The number of halogens is 3. The zero-order valence-electron chi connectivity index (χ0n) is 18.9. The highest BCUT2D eigenvalue weighted by Crippen LogP contribution is 2.45. The van der Waals surface area contributed by atoms with Gasteiger partial charge < -0.3 is 19.2 Å². The van der Waals surface area contributed by atoms with Crippen molar-refractivity contribution in [3.8, 4) is 11.5 Å². The van der Waals surface area contributed by atoms with Gasteiger partial charge in [0, 0.05) is 29.8 Å². The molecule has 3 heterocycles. The highest BCUT2D eigenvalue weighted by atomic mass is 19.4. The number of rotatable bonds is 5. The number of alkyl halides is 3. The standard InChI is InChI=1S/C24H26F3N3O4/c1-13-9-18-16(5-6-19-22(18)34-23(31)29-19)21(30(13)12-24(25,26)27)17-4-3-14(10-20(17)32-2)33-15-7-8-28-11-15/h3-6,10,13,15,21,28H,7-9,11-12H2,1-2H3,(H,29,31)/t13-,15+,21+/m1/s1. The van der Waals surface area contributed by atoms with Crippen molar-refractivity contribution in [2.75, 3.05) is 26.7 Å². The molecule has 2 aromatic carbocycles. The van der Waals surface area contributed by atoms with E-state index in [1.807, 2.05) is 0 Å². The van der Waals surface area contributed by atoms with E-state index < -0.39 is 30.6 Å². The summed E-state index contributed by atoms with van der Waals surface area (Å²) in [5, 5.41) is 3.24. The molecular formula is C24H26F3N3O4. The van der Waals surface area contributed by atoms with Crippen molar-refractivity contribution in [2.24, 2.45) is 0 Å². The summed E-state index contributed by atoms with van der Waals surface area (Å²) in [6.45, 7) is 2.30. The minimum atomic E-state index is -4.39. The maximum atomic E-state index is 13.6. The maximum absolute atomic E-state index is 13.6. The van der Waals surface area contributed by atoms with Gasteiger partial charge in [-0.3, -0.25) is 9.88 Å². The number of nitrogens with one attached hydrogen (secondary N) is 2. The molecule has 3 aromatic rings. The molecule has 34 heavy (non-hydrogen) atoms. The molecule has 1 aromatic heterocycles. The number of hydrogen-bond acceptors (Lipinski definition) is 6. The van der Waals surface area contributed by atoms with Gasteiger partial charge in [-0.05, 0) is 50.1 Å². The first-order chi connectivity index (χ1) is 16.2. The molecule has 2 aliphatic heterocycles. The lowest BCUT2D eigenvalue weighted by atomic mass is 9.84. The van der Waals surface area contributed by atoms with Crippen LogP contribution < -0.4 is 20.5 Å². The number of oxazole rings is 1. The largest absolute Gasteiger partial charge is 0.496 e. The van der Waals surface area contributed by atoms with Crippen LogP contribution in [-0.4, -0.2) is 55.0 Å². The third-order valence-electron chi connectivity index (χ3n) is 6.60. The number of ether oxygens (including phenoxy) is 2.